The topological polar surface area (TPSA) is 34.4 Å². The van der Waals surface area contributed by atoms with Crippen LogP contribution < -0.4 is 10.1 Å². The van der Waals surface area contributed by atoms with Gasteiger partial charge < -0.3 is 14.5 Å². The highest BCUT2D eigenvalue weighted by molar-refractivity contribution is 5.21. The molecule has 0 aliphatic rings. The van der Waals surface area contributed by atoms with E-state index in [0.717, 1.165) is 18.7 Å². The number of nitrogens with one attached hydrogen (secondary N) is 1. The van der Waals surface area contributed by atoms with Crippen molar-refractivity contribution in [3.05, 3.63) is 54.2 Å². The molecule has 0 saturated carbocycles. The molecule has 0 bridgehead atoms. The molecule has 17 heavy (non-hydrogen) atoms. The van der Waals surface area contributed by atoms with Gasteiger partial charge >= 0.3 is 0 Å². The highest BCUT2D eigenvalue weighted by Gasteiger charge is 1.95. The molecule has 90 valence electrons. The molecule has 0 amide bonds. The van der Waals surface area contributed by atoms with Gasteiger partial charge in [0.2, 0.25) is 0 Å². The fraction of sp³-hybridized carbons (Fsp3) is 0.231. The van der Waals surface area contributed by atoms with Crippen molar-refractivity contribution in [3.8, 4) is 5.75 Å². The molecule has 1 N–H and O–H groups in total. The molecular formula is C13H14FNO2. The molecule has 0 aliphatic heterocycles. The van der Waals surface area contributed by atoms with Crippen LogP contribution in [0.2, 0.25) is 0 Å². The van der Waals surface area contributed by atoms with Gasteiger partial charge in [-0.2, -0.15) is 0 Å². The predicted octanol–water partition coefficient (Wildman–Crippen LogP) is 2.59. The first-order valence-corrected chi connectivity index (χ1v) is 5.45. The van der Waals surface area contributed by atoms with Gasteiger partial charge in [-0.05, 0) is 30.3 Å². The van der Waals surface area contributed by atoms with Gasteiger partial charge in [0.15, 0.2) is 0 Å². The van der Waals surface area contributed by atoms with E-state index in [1.165, 1.54) is 12.1 Å². The van der Waals surface area contributed by atoms with Gasteiger partial charge in [0, 0.05) is 18.7 Å². The fourth-order valence-electron chi connectivity index (χ4n) is 1.40. The Morgan fingerprint density at radius 2 is 2.00 bits per heavy atom. The molecule has 4 heteroatoms. The van der Waals surface area contributed by atoms with Crippen LogP contribution >= 0.6 is 0 Å². The van der Waals surface area contributed by atoms with E-state index in [1.807, 2.05) is 6.07 Å². The number of hydrogen-bond donors (Lipinski definition) is 1. The number of hydrogen-bond acceptors (Lipinski definition) is 3. The first-order chi connectivity index (χ1) is 8.34. The molecule has 1 aromatic carbocycles. The van der Waals surface area contributed by atoms with Crippen LogP contribution in [0, 0.1) is 5.82 Å². The van der Waals surface area contributed by atoms with Crippen LogP contribution in [0.15, 0.2) is 47.3 Å². The first-order valence-electron chi connectivity index (χ1n) is 5.45. The third-order valence-electron chi connectivity index (χ3n) is 2.27. The van der Waals surface area contributed by atoms with Crippen LogP contribution in [0.4, 0.5) is 4.39 Å². The van der Waals surface area contributed by atoms with E-state index < -0.39 is 0 Å². The van der Waals surface area contributed by atoms with Crippen LogP contribution in [0.25, 0.3) is 0 Å². The van der Waals surface area contributed by atoms with E-state index in [-0.39, 0.29) is 5.82 Å². The lowest BCUT2D eigenvalue weighted by molar-refractivity contribution is 0.313. The Morgan fingerprint density at radius 1 is 1.18 bits per heavy atom. The maximum absolute atomic E-state index is 12.6. The summed E-state index contributed by atoms with van der Waals surface area (Å²) in [7, 11) is 0. The predicted molar refractivity (Wildman–Crippen MR) is 62.3 cm³/mol. The van der Waals surface area contributed by atoms with Crippen molar-refractivity contribution in [1.82, 2.24) is 5.32 Å². The van der Waals surface area contributed by atoms with Crippen LogP contribution in [-0.4, -0.2) is 13.2 Å². The Balaban J connectivity index is 1.61. The Bertz CT molecular complexity index is 425. The third kappa shape index (κ3) is 3.92. The highest BCUT2D eigenvalue weighted by Crippen LogP contribution is 2.10. The Kier molecular flexibility index (Phi) is 4.16. The lowest BCUT2D eigenvalue weighted by atomic mass is 10.3. The van der Waals surface area contributed by atoms with Gasteiger partial charge in [0.05, 0.1) is 12.5 Å². The zero-order valence-corrected chi connectivity index (χ0v) is 9.36. The standard InChI is InChI=1S/C13H14FNO2/c14-12-1-3-13(4-2-12)17-8-6-15-9-11-5-7-16-10-11/h1-5,7,10,15H,6,8-9H2. The van der Waals surface area contributed by atoms with Gasteiger partial charge in [0.1, 0.15) is 18.2 Å². The zero-order chi connectivity index (χ0) is 11.9. The fourth-order valence-corrected chi connectivity index (χ4v) is 1.40. The van der Waals surface area contributed by atoms with Crippen molar-refractivity contribution >= 4 is 0 Å². The molecule has 0 fully saturated rings. The van der Waals surface area contributed by atoms with E-state index in [0.29, 0.717) is 12.4 Å². The van der Waals surface area contributed by atoms with Gasteiger partial charge in [-0.25, -0.2) is 4.39 Å². The summed E-state index contributed by atoms with van der Waals surface area (Å²) in [6.45, 7) is 2.02. The summed E-state index contributed by atoms with van der Waals surface area (Å²) in [6, 6.07) is 7.91. The van der Waals surface area contributed by atoms with E-state index in [2.05, 4.69) is 5.32 Å². The van der Waals surface area contributed by atoms with Gasteiger partial charge in [-0.3, -0.25) is 0 Å². The molecular weight excluding hydrogens is 221 g/mol. The van der Waals surface area contributed by atoms with Crippen LogP contribution in [-0.2, 0) is 6.54 Å². The lowest BCUT2D eigenvalue weighted by Gasteiger charge is -2.06. The quantitative estimate of drug-likeness (QED) is 0.781. The minimum absolute atomic E-state index is 0.254. The van der Waals surface area contributed by atoms with Crippen LogP contribution in [0.3, 0.4) is 0 Å². The summed E-state index contributed by atoms with van der Waals surface area (Å²) in [6.07, 6.45) is 3.35. The smallest absolute Gasteiger partial charge is 0.123 e. The monoisotopic (exact) mass is 235 g/mol. The summed E-state index contributed by atoms with van der Waals surface area (Å²) in [5.74, 6) is 0.423. The molecule has 0 spiro atoms. The van der Waals surface area contributed by atoms with Gasteiger partial charge in [-0.15, -0.1) is 0 Å². The molecule has 0 aliphatic carbocycles. The number of ether oxygens (including phenoxy) is 1. The van der Waals surface area contributed by atoms with Crippen molar-refractivity contribution in [2.24, 2.45) is 0 Å². The SMILES string of the molecule is Fc1ccc(OCCNCc2ccoc2)cc1. The summed E-state index contributed by atoms with van der Waals surface area (Å²) in [5.41, 5.74) is 1.10. The second-order valence-corrected chi connectivity index (χ2v) is 3.61. The van der Waals surface area contributed by atoms with Crippen molar-refractivity contribution in [1.29, 1.82) is 0 Å². The largest absolute Gasteiger partial charge is 0.492 e. The molecule has 2 rings (SSSR count). The molecule has 0 unspecified atom stereocenters. The maximum Gasteiger partial charge on any atom is 0.123 e. The normalized spacial score (nSPS) is 10.4. The number of benzene rings is 1. The molecule has 1 aromatic heterocycles. The van der Waals surface area contributed by atoms with Crippen molar-refractivity contribution < 1.29 is 13.5 Å². The molecule has 0 saturated heterocycles. The number of halogens is 1. The minimum Gasteiger partial charge on any atom is -0.492 e. The lowest BCUT2D eigenvalue weighted by Crippen LogP contribution is -2.20. The minimum atomic E-state index is -0.254. The molecule has 3 nitrogen and oxygen atoms in total. The highest BCUT2D eigenvalue weighted by atomic mass is 19.1. The number of furan rings is 1. The number of rotatable bonds is 6. The zero-order valence-electron chi connectivity index (χ0n) is 9.36. The van der Waals surface area contributed by atoms with Crippen molar-refractivity contribution in [2.75, 3.05) is 13.2 Å². The average Bonchev–Trinajstić information content (AvgIpc) is 2.84. The maximum atomic E-state index is 12.6. The van der Waals surface area contributed by atoms with Gasteiger partial charge in [-0.1, -0.05) is 0 Å². The molecule has 1 heterocycles. The van der Waals surface area contributed by atoms with Crippen LogP contribution in [0.5, 0.6) is 5.75 Å². The molecule has 0 radical (unpaired) electrons. The van der Waals surface area contributed by atoms with Gasteiger partial charge in [0.25, 0.3) is 0 Å². The second-order valence-electron chi connectivity index (χ2n) is 3.61. The van der Waals surface area contributed by atoms with E-state index in [1.54, 1.807) is 24.7 Å². The van der Waals surface area contributed by atoms with Crippen molar-refractivity contribution in [3.63, 3.8) is 0 Å². The summed E-state index contributed by atoms with van der Waals surface area (Å²) >= 11 is 0. The van der Waals surface area contributed by atoms with E-state index >= 15 is 0 Å². The van der Waals surface area contributed by atoms with E-state index in [4.69, 9.17) is 9.15 Å². The summed E-state index contributed by atoms with van der Waals surface area (Å²) < 4.78 is 23.0. The average molecular weight is 235 g/mol. The summed E-state index contributed by atoms with van der Waals surface area (Å²) in [4.78, 5) is 0. The molecule has 0 atom stereocenters. The second kappa shape index (κ2) is 6.06. The third-order valence-corrected chi connectivity index (χ3v) is 2.27. The molecule has 2 aromatic rings. The van der Waals surface area contributed by atoms with E-state index in [9.17, 15) is 4.39 Å². The Hall–Kier alpha value is -1.81. The van der Waals surface area contributed by atoms with Crippen LogP contribution in [0.1, 0.15) is 5.56 Å². The van der Waals surface area contributed by atoms with Crippen molar-refractivity contribution in [2.45, 2.75) is 6.54 Å². The summed E-state index contributed by atoms with van der Waals surface area (Å²) in [5, 5.41) is 3.21. The Labute approximate surface area is 99.2 Å². The first kappa shape index (κ1) is 11.7. The Morgan fingerprint density at radius 3 is 2.71 bits per heavy atom.